The van der Waals surface area contributed by atoms with E-state index in [1.54, 1.807) is 0 Å². The number of rotatable bonds is 13. The molecule has 1 heterocycles. The van der Waals surface area contributed by atoms with Gasteiger partial charge in [0.2, 0.25) is 5.91 Å². The zero-order valence-electron chi connectivity index (χ0n) is 19.6. The van der Waals surface area contributed by atoms with Crippen LogP contribution in [0, 0.1) is 0 Å². The van der Waals surface area contributed by atoms with Gasteiger partial charge >= 0.3 is 5.97 Å². The number of anilines is 1. The van der Waals surface area contributed by atoms with Crippen LogP contribution in [0.15, 0.2) is 24.3 Å². The molecule has 2 N–H and O–H groups in total. The van der Waals surface area contributed by atoms with Gasteiger partial charge < -0.3 is 15.1 Å². The Balaban J connectivity index is 2.00. The first-order chi connectivity index (χ1) is 14.8. The molecule has 31 heavy (non-hydrogen) atoms. The number of piperidine rings is 1. The largest absolute Gasteiger partial charge is 0.481 e. The highest BCUT2D eigenvalue weighted by atomic mass is 16.4. The van der Waals surface area contributed by atoms with Crippen molar-refractivity contribution in [2.75, 3.05) is 4.90 Å². The smallest absolute Gasteiger partial charge is 0.303 e. The van der Waals surface area contributed by atoms with Crippen LogP contribution in [0.25, 0.3) is 0 Å². The van der Waals surface area contributed by atoms with Gasteiger partial charge in [0.15, 0.2) is 0 Å². The molecule has 0 spiro atoms. The lowest BCUT2D eigenvalue weighted by Crippen LogP contribution is -2.43. The third kappa shape index (κ3) is 7.34. The topological polar surface area (TPSA) is 77.8 Å². The van der Waals surface area contributed by atoms with Gasteiger partial charge in [0, 0.05) is 30.0 Å². The van der Waals surface area contributed by atoms with E-state index in [0.717, 1.165) is 75.5 Å². The average Bonchev–Trinajstić information content (AvgIpc) is 2.74. The summed E-state index contributed by atoms with van der Waals surface area (Å²) in [5.41, 5.74) is 1.72. The molecule has 5 heteroatoms. The molecule has 2 atom stereocenters. The molecule has 1 aliphatic heterocycles. The minimum absolute atomic E-state index is 0.192. The molecule has 0 radical (unpaired) electrons. The molecule has 1 aliphatic rings. The predicted octanol–water partition coefficient (Wildman–Crippen LogP) is 5.83. The van der Waals surface area contributed by atoms with Crippen molar-refractivity contribution in [3.63, 3.8) is 0 Å². The van der Waals surface area contributed by atoms with Crippen molar-refractivity contribution in [1.29, 1.82) is 0 Å². The lowest BCUT2D eigenvalue weighted by molar-refractivity contribution is -0.137. The molecule has 5 nitrogen and oxygen atoms in total. The van der Waals surface area contributed by atoms with Crippen LogP contribution in [-0.4, -0.2) is 34.2 Å². The number of hydrogen-bond acceptors (Lipinski definition) is 3. The minimum atomic E-state index is -0.728. The lowest BCUT2D eigenvalue weighted by atomic mass is 9.77. The van der Waals surface area contributed by atoms with E-state index >= 15 is 0 Å². The van der Waals surface area contributed by atoms with Gasteiger partial charge in [-0.25, -0.2) is 0 Å². The zero-order chi connectivity index (χ0) is 22.9. The molecule has 1 fully saturated rings. The highest BCUT2D eigenvalue weighted by Crippen LogP contribution is 2.33. The summed E-state index contributed by atoms with van der Waals surface area (Å²) in [6.07, 6.45) is 9.93. The van der Waals surface area contributed by atoms with E-state index in [9.17, 15) is 14.7 Å². The van der Waals surface area contributed by atoms with Crippen molar-refractivity contribution in [2.24, 2.45) is 0 Å². The van der Waals surface area contributed by atoms with Crippen LogP contribution < -0.4 is 4.90 Å². The normalized spacial score (nSPS) is 18.3. The number of amides is 1. The fraction of sp³-hybridized carbons (Fsp3) is 0.692. The van der Waals surface area contributed by atoms with Crippen molar-refractivity contribution in [3.8, 4) is 0 Å². The summed E-state index contributed by atoms with van der Waals surface area (Å²) in [6.45, 7) is 6.31. The van der Waals surface area contributed by atoms with Crippen molar-refractivity contribution in [3.05, 3.63) is 29.8 Å². The Morgan fingerprint density at radius 3 is 2.45 bits per heavy atom. The van der Waals surface area contributed by atoms with Gasteiger partial charge in [-0.2, -0.15) is 0 Å². The molecule has 174 valence electrons. The summed E-state index contributed by atoms with van der Waals surface area (Å²) in [5, 5.41) is 19.4. The van der Waals surface area contributed by atoms with E-state index in [1.165, 1.54) is 0 Å². The first-order valence-corrected chi connectivity index (χ1v) is 12.1. The van der Waals surface area contributed by atoms with E-state index in [1.807, 2.05) is 17.0 Å². The number of aliphatic carboxylic acids is 1. The highest BCUT2D eigenvalue weighted by Gasteiger charge is 2.31. The van der Waals surface area contributed by atoms with Crippen LogP contribution in [0.4, 0.5) is 5.69 Å². The summed E-state index contributed by atoms with van der Waals surface area (Å²) < 4.78 is 0. The maximum Gasteiger partial charge on any atom is 0.303 e. The summed E-state index contributed by atoms with van der Waals surface area (Å²) in [4.78, 5) is 25.3. The van der Waals surface area contributed by atoms with Gasteiger partial charge in [-0.3, -0.25) is 9.59 Å². The molecule has 0 aromatic heterocycles. The Kier molecular flexibility index (Phi) is 10.0. The fourth-order valence-corrected chi connectivity index (χ4v) is 4.58. The average molecular weight is 432 g/mol. The second kappa shape index (κ2) is 12.2. The molecule has 0 aliphatic carbocycles. The third-order valence-corrected chi connectivity index (χ3v) is 6.79. The second-order valence-corrected chi connectivity index (χ2v) is 9.58. The van der Waals surface area contributed by atoms with Gasteiger partial charge in [0.1, 0.15) is 0 Å². The van der Waals surface area contributed by atoms with Crippen molar-refractivity contribution >= 4 is 17.6 Å². The number of carboxylic acids is 1. The third-order valence-electron chi connectivity index (χ3n) is 6.79. The van der Waals surface area contributed by atoms with Crippen LogP contribution in [0.2, 0.25) is 0 Å². The molecule has 2 rings (SSSR count). The Labute approximate surface area is 187 Å². The van der Waals surface area contributed by atoms with E-state index in [0.29, 0.717) is 6.42 Å². The first kappa shape index (κ1) is 25.4. The van der Waals surface area contributed by atoms with E-state index in [2.05, 4.69) is 32.9 Å². The van der Waals surface area contributed by atoms with Crippen molar-refractivity contribution < 1.29 is 19.8 Å². The van der Waals surface area contributed by atoms with Crippen LogP contribution in [-0.2, 0) is 15.0 Å². The standard InChI is InChI=1S/C26H41NO4/c1-4-5-13-23(28)26(2,3)20-16-18-22(19-17-20)27-21(12-10-14-24(27)29)11-8-6-7-9-15-25(30)31/h16-19,21,23,28H,4-15H2,1-3H3,(H,30,31). The van der Waals surface area contributed by atoms with Crippen LogP contribution >= 0.6 is 0 Å². The van der Waals surface area contributed by atoms with Gasteiger partial charge in [0.05, 0.1) is 6.10 Å². The van der Waals surface area contributed by atoms with Gasteiger partial charge in [-0.15, -0.1) is 0 Å². The number of aliphatic hydroxyl groups excluding tert-OH is 1. The molecule has 1 amide bonds. The Hall–Kier alpha value is -1.88. The Morgan fingerprint density at radius 1 is 1.13 bits per heavy atom. The molecule has 1 aromatic rings. The first-order valence-electron chi connectivity index (χ1n) is 12.1. The number of benzene rings is 1. The highest BCUT2D eigenvalue weighted by molar-refractivity contribution is 5.94. The SMILES string of the molecule is CCCCC(O)C(C)(C)c1ccc(N2C(=O)CCCC2CCCCCCC(=O)O)cc1. The number of carboxylic acid groups (broad SMARTS) is 1. The maximum absolute atomic E-state index is 12.7. The number of hydrogen-bond donors (Lipinski definition) is 2. The summed E-state index contributed by atoms with van der Waals surface area (Å²) in [6, 6.07) is 8.42. The van der Waals surface area contributed by atoms with E-state index in [-0.39, 0.29) is 29.9 Å². The Morgan fingerprint density at radius 2 is 1.81 bits per heavy atom. The Bertz CT molecular complexity index is 698. The van der Waals surface area contributed by atoms with Crippen LogP contribution in [0.1, 0.15) is 103 Å². The van der Waals surface area contributed by atoms with E-state index in [4.69, 9.17) is 5.11 Å². The summed E-state index contributed by atoms with van der Waals surface area (Å²) in [5.74, 6) is -0.536. The van der Waals surface area contributed by atoms with Crippen LogP contribution in [0.3, 0.4) is 0 Å². The number of nitrogens with zero attached hydrogens (tertiary/aromatic N) is 1. The van der Waals surface area contributed by atoms with Gasteiger partial charge in [0.25, 0.3) is 0 Å². The molecule has 0 bridgehead atoms. The van der Waals surface area contributed by atoms with Crippen molar-refractivity contribution in [1.82, 2.24) is 0 Å². The monoisotopic (exact) mass is 431 g/mol. The summed E-state index contributed by atoms with van der Waals surface area (Å²) >= 11 is 0. The van der Waals surface area contributed by atoms with Crippen LogP contribution in [0.5, 0.6) is 0 Å². The molecule has 0 saturated carbocycles. The molecular formula is C26H41NO4. The van der Waals surface area contributed by atoms with E-state index < -0.39 is 5.97 Å². The molecular weight excluding hydrogens is 390 g/mol. The zero-order valence-corrected chi connectivity index (χ0v) is 19.6. The quantitative estimate of drug-likeness (QED) is 0.385. The van der Waals surface area contributed by atoms with Crippen molar-refractivity contribution in [2.45, 2.75) is 115 Å². The number of carbonyl (C=O) groups excluding carboxylic acids is 1. The molecule has 1 aromatic carbocycles. The molecule has 1 saturated heterocycles. The molecule has 2 unspecified atom stereocenters. The summed E-state index contributed by atoms with van der Waals surface area (Å²) in [7, 11) is 0. The van der Waals surface area contributed by atoms with Gasteiger partial charge in [-0.05, 0) is 49.8 Å². The van der Waals surface area contributed by atoms with Gasteiger partial charge in [-0.1, -0.05) is 65.0 Å². The minimum Gasteiger partial charge on any atom is -0.481 e. The number of carbonyl (C=O) groups is 2. The fourth-order valence-electron chi connectivity index (χ4n) is 4.58. The number of unbranched alkanes of at least 4 members (excludes halogenated alkanes) is 4. The predicted molar refractivity (Wildman–Crippen MR) is 125 cm³/mol. The maximum atomic E-state index is 12.7. The number of aliphatic hydroxyl groups is 1. The second-order valence-electron chi connectivity index (χ2n) is 9.58. The lowest BCUT2D eigenvalue weighted by Gasteiger charge is -2.37.